The van der Waals surface area contributed by atoms with Crippen molar-refractivity contribution < 1.29 is 21.9 Å². The lowest BCUT2D eigenvalue weighted by Gasteiger charge is -2.02. The van der Waals surface area contributed by atoms with Crippen molar-refractivity contribution in [1.29, 1.82) is 0 Å². The zero-order valence-corrected chi connectivity index (χ0v) is 8.43. The lowest BCUT2D eigenvalue weighted by Crippen LogP contribution is -2.12. The fourth-order valence-electron chi connectivity index (χ4n) is 1.18. The van der Waals surface area contributed by atoms with Crippen LogP contribution in [0.5, 0.6) is 0 Å². The van der Waals surface area contributed by atoms with E-state index in [4.69, 9.17) is 4.74 Å². The topological polar surface area (TPSA) is 46.7 Å². The van der Waals surface area contributed by atoms with Crippen molar-refractivity contribution in [3.63, 3.8) is 0 Å². The van der Waals surface area contributed by atoms with E-state index in [9.17, 15) is 17.2 Å². The molecule has 1 atom stereocenters. The van der Waals surface area contributed by atoms with E-state index in [1.54, 1.807) is 0 Å². The third-order valence-corrected chi connectivity index (χ3v) is 3.84. The van der Waals surface area contributed by atoms with E-state index >= 15 is 0 Å². The summed E-state index contributed by atoms with van der Waals surface area (Å²) < 4.78 is 53.3. The number of sulfone groups is 1. The van der Waals surface area contributed by atoms with E-state index in [2.05, 4.69) is 0 Å². The van der Waals surface area contributed by atoms with Gasteiger partial charge < -0.3 is 4.74 Å². The molecule has 0 saturated carbocycles. The first-order chi connectivity index (χ1) is 6.99. The van der Waals surface area contributed by atoms with Gasteiger partial charge in [-0.3, -0.25) is 0 Å². The maximum Gasteiger partial charge on any atom is 0.181 e. The van der Waals surface area contributed by atoms with E-state index < -0.39 is 21.5 Å². The Morgan fingerprint density at radius 1 is 1.33 bits per heavy atom. The van der Waals surface area contributed by atoms with E-state index in [1.807, 2.05) is 0 Å². The van der Waals surface area contributed by atoms with Crippen molar-refractivity contribution in [3.8, 4) is 0 Å². The van der Waals surface area contributed by atoms with Crippen LogP contribution in [0.3, 0.4) is 0 Å². The summed E-state index contributed by atoms with van der Waals surface area (Å²) in [6, 6.07) is 2.54. The Bertz CT molecular complexity index is 480. The van der Waals surface area contributed by atoms with Gasteiger partial charge in [0.15, 0.2) is 21.5 Å². The van der Waals surface area contributed by atoms with Gasteiger partial charge in [-0.2, -0.15) is 0 Å². The molecule has 1 fully saturated rings. The Kier molecular flexibility index (Phi) is 2.47. The summed E-state index contributed by atoms with van der Waals surface area (Å²) in [5.74, 6) is -2.40. The Morgan fingerprint density at radius 3 is 2.53 bits per heavy atom. The summed E-state index contributed by atoms with van der Waals surface area (Å²) in [5, 5.41) is 0. The van der Waals surface area contributed by atoms with Gasteiger partial charge in [0.2, 0.25) is 0 Å². The number of hydrogen-bond donors (Lipinski definition) is 0. The average Bonchev–Trinajstić information content (AvgIpc) is 2.92. The van der Waals surface area contributed by atoms with Gasteiger partial charge in [0.1, 0.15) is 0 Å². The summed E-state index contributed by atoms with van der Waals surface area (Å²) in [5.41, 5.74) is 0. The van der Waals surface area contributed by atoms with Crippen LogP contribution in [0.15, 0.2) is 23.1 Å². The summed E-state index contributed by atoms with van der Waals surface area (Å²) in [6.45, 7) is 0.406. The molecular weight excluding hydrogens is 226 g/mol. The lowest BCUT2D eigenvalue weighted by atomic mass is 10.3. The van der Waals surface area contributed by atoms with Crippen LogP contribution < -0.4 is 0 Å². The van der Waals surface area contributed by atoms with Crippen molar-refractivity contribution >= 4 is 9.84 Å². The minimum Gasteiger partial charge on any atom is -0.372 e. The molecule has 1 aliphatic rings. The fraction of sp³-hybridized carbons (Fsp3) is 0.333. The van der Waals surface area contributed by atoms with E-state index in [-0.39, 0.29) is 16.8 Å². The Morgan fingerprint density at radius 2 is 2.00 bits per heavy atom. The molecule has 15 heavy (non-hydrogen) atoms. The maximum atomic E-state index is 12.8. The number of epoxide rings is 1. The summed E-state index contributed by atoms with van der Waals surface area (Å²) in [4.78, 5) is -0.211. The normalized spacial score (nSPS) is 20.3. The van der Waals surface area contributed by atoms with Crippen LogP contribution in [0.1, 0.15) is 0 Å². The van der Waals surface area contributed by atoms with E-state index in [0.29, 0.717) is 12.7 Å². The Balaban J connectivity index is 2.31. The van der Waals surface area contributed by atoms with Gasteiger partial charge in [-0.25, -0.2) is 17.2 Å². The van der Waals surface area contributed by atoms with Gasteiger partial charge in [-0.1, -0.05) is 0 Å². The first-order valence-corrected chi connectivity index (χ1v) is 5.94. The molecule has 0 aliphatic carbocycles. The van der Waals surface area contributed by atoms with Crippen LogP contribution >= 0.6 is 0 Å². The quantitative estimate of drug-likeness (QED) is 0.582. The summed E-state index contributed by atoms with van der Waals surface area (Å²) in [7, 11) is -3.57. The molecule has 2 rings (SSSR count). The largest absolute Gasteiger partial charge is 0.372 e. The predicted molar refractivity (Wildman–Crippen MR) is 48.2 cm³/mol. The van der Waals surface area contributed by atoms with Crippen molar-refractivity contribution in [2.45, 2.75) is 11.0 Å². The van der Waals surface area contributed by atoms with Crippen LogP contribution in [-0.4, -0.2) is 26.9 Å². The van der Waals surface area contributed by atoms with E-state index in [1.165, 1.54) is 0 Å². The number of rotatable bonds is 3. The van der Waals surface area contributed by atoms with Crippen molar-refractivity contribution in [2.75, 3.05) is 12.4 Å². The third-order valence-electron chi connectivity index (χ3n) is 2.06. The van der Waals surface area contributed by atoms with Gasteiger partial charge in [-0.15, -0.1) is 0 Å². The molecule has 82 valence electrons. The monoisotopic (exact) mass is 234 g/mol. The van der Waals surface area contributed by atoms with Crippen molar-refractivity contribution in [3.05, 3.63) is 29.8 Å². The minimum atomic E-state index is -3.57. The highest BCUT2D eigenvalue weighted by atomic mass is 32.2. The van der Waals surface area contributed by atoms with Crippen LogP contribution in [0, 0.1) is 11.6 Å². The van der Waals surface area contributed by atoms with Gasteiger partial charge in [-0.05, 0) is 18.2 Å². The molecule has 0 amide bonds. The second-order valence-electron chi connectivity index (χ2n) is 3.31. The van der Waals surface area contributed by atoms with Gasteiger partial charge in [0.05, 0.1) is 23.4 Å². The molecule has 1 aromatic carbocycles. The first kappa shape index (κ1) is 10.5. The number of hydrogen-bond acceptors (Lipinski definition) is 3. The highest BCUT2D eigenvalue weighted by Crippen LogP contribution is 2.20. The van der Waals surface area contributed by atoms with Crippen LogP contribution in [0.25, 0.3) is 0 Å². The smallest absolute Gasteiger partial charge is 0.181 e. The average molecular weight is 234 g/mol. The van der Waals surface area contributed by atoms with E-state index in [0.717, 1.165) is 12.1 Å². The Hall–Kier alpha value is -1.01. The number of ether oxygens (including phenoxy) is 1. The second-order valence-corrected chi connectivity index (χ2v) is 5.35. The second kappa shape index (κ2) is 3.53. The SMILES string of the molecule is O=S(=O)(C[C@@H]1CO1)c1ccc(F)c(F)c1. The summed E-state index contributed by atoms with van der Waals surface area (Å²) >= 11 is 0. The zero-order valence-electron chi connectivity index (χ0n) is 7.61. The van der Waals surface area contributed by atoms with Crippen molar-refractivity contribution in [1.82, 2.24) is 0 Å². The maximum absolute atomic E-state index is 12.8. The molecule has 1 heterocycles. The molecule has 0 aromatic heterocycles. The molecule has 1 saturated heterocycles. The predicted octanol–water partition coefficient (Wildman–Crippen LogP) is 1.14. The lowest BCUT2D eigenvalue weighted by molar-refractivity contribution is 0.422. The van der Waals surface area contributed by atoms with Gasteiger partial charge in [0.25, 0.3) is 0 Å². The molecule has 0 spiro atoms. The molecule has 3 nitrogen and oxygen atoms in total. The van der Waals surface area contributed by atoms with Crippen molar-refractivity contribution in [2.24, 2.45) is 0 Å². The minimum absolute atomic E-state index is 0.182. The molecule has 6 heteroatoms. The van der Waals surface area contributed by atoms with Crippen LogP contribution in [-0.2, 0) is 14.6 Å². The molecule has 0 N–H and O–H groups in total. The molecule has 0 unspecified atom stereocenters. The number of halogens is 2. The molecule has 1 aromatic rings. The van der Waals surface area contributed by atoms with Crippen LogP contribution in [0.2, 0.25) is 0 Å². The molecular formula is C9H8F2O3S. The Labute approximate surface area is 85.6 Å². The van der Waals surface area contributed by atoms with Gasteiger partial charge in [0, 0.05) is 0 Å². The van der Waals surface area contributed by atoms with Gasteiger partial charge >= 0.3 is 0 Å². The number of benzene rings is 1. The van der Waals surface area contributed by atoms with Crippen LogP contribution in [0.4, 0.5) is 8.78 Å². The highest BCUT2D eigenvalue weighted by Gasteiger charge is 2.30. The standard InChI is InChI=1S/C9H8F2O3S/c10-8-2-1-7(3-9(8)11)15(12,13)5-6-4-14-6/h1-3,6H,4-5H2/t6-/m0/s1. The molecule has 0 bridgehead atoms. The zero-order chi connectivity index (χ0) is 11.1. The first-order valence-electron chi connectivity index (χ1n) is 4.28. The molecule has 0 radical (unpaired) electrons. The third kappa shape index (κ3) is 2.32. The molecule has 1 aliphatic heterocycles. The summed E-state index contributed by atoms with van der Waals surface area (Å²) in [6.07, 6.45) is -0.303. The fourth-order valence-corrected chi connectivity index (χ4v) is 2.61. The highest BCUT2D eigenvalue weighted by molar-refractivity contribution is 7.91.